The van der Waals surface area contributed by atoms with E-state index in [1.807, 2.05) is 38.1 Å². The zero-order valence-electron chi connectivity index (χ0n) is 16.0. The molecule has 3 N–H and O–H groups in total. The van der Waals surface area contributed by atoms with Gasteiger partial charge in [-0.3, -0.25) is 5.32 Å². The van der Waals surface area contributed by atoms with Crippen LogP contribution in [0.4, 0.5) is 0 Å². The van der Waals surface area contributed by atoms with E-state index < -0.39 is 12.3 Å². The van der Waals surface area contributed by atoms with Crippen LogP contribution >= 0.6 is 0 Å². The molecule has 0 saturated carbocycles. The molecular weight excluding hydrogens is 342 g/mol. The van der Waals surface area contributed by atoms with Crippen molar-refractivity contribution in [3.8, 4) is 29.6 Å². The van der Waals surface area contributed by atoms with Gasteiger partial charge in [-0.05, 0) is 57.0 Å². The summed E-state index contributed by atoms with van der Waals surface area (Å²) in [6.45, 7) is 5.86. The quantitative estimate of drug-likeness (QED) is 0.468. The third-order valence-corrected chi connectivity index (χ3v) is 3.97. The van der Waals surface area contributed by atoms with Crippen LogP contribution in [0.15, 0.2) is 48.5 Å². The number of hydrogen-bond donors (Lipinski definition) is 3. The Kier molecular flexibility index (Phi) is 7.12. The molecule has 2 atom stereocenters. The molecule has 2 rings (SSSR count). The molecule has 0 spiro atoms. The van der Waals surface area contributed by atoms with Crippen LogP contribution in [0.5, 0.6) is 17.2 Å². The van der Waals surface area contributed by atoms with Gasteiger partial charge in [0.1, 0.15) is 18.5 Å². The summed E-state index contributed by atoms with van der Waals surface area (Å²) in [6.07, 6.45) is 4.54. The highest BCUT2D eigenvalue weighted by atomic mass is 16.5. The van der Waals surface area contributed by atoms with Gasteiger partial charge in [-0.2, -0.15) is 0 Å². The molecule has 2 aromatic carbocycles. The molecule has 0 bridgehead atoms. The molecule has 0 aliphatic heterocycles. The molecule has 2 unspecified atom stereocenters. The summed E-state index contributed by atoms with van der Waals surface area (Å²) in [5, 5.41) is 23.0. The summed E-state index contributed by atoms with van der Waals surface area (Å²) < 4.78 is 11.5. The van der Waals surface area contributed by atoms with Crippen molar-refractivity contribution in [1.29, 1.82) is 0 Å². The summed E-state index contributed by atoms with van der Waals surface area (Å²) in [5.41, 5.74) is 0.695. The van der Waals surface area contributed by atoms with Crippen LogP contribution in [0.2, 0.25) is 0 Å². The molecule has 0 radical (unpaired) electrons. The zero-order valence-corrected chi connectivity index (χ0v) is 16.0. The van der Waals surface area contributed by atoms with Crippen LogP contribution in [-0.4, -0.2) is 34.7 Å². The van der Waals surface area contributed by atoms with Crippen molar-refractivity contribution in [1.82, 2.24) is 5.32 Å². The van der Waals surface area contributed by atoms with Crippen molar-refractivity contribution in [2.45, 2.75) is 45.1 Å². The molecule has 0 heterocycles. The highest BCUT2D eigenvalue weighted by Crippen LogP contribution is 2.28. The lowest BCUT2D eigenvalue weighted by atomic mass is 9.94. The number of hydrogen-bond acceptors (Lipinski definition) is 5. The number of phenols is 1. The molecule has 5 nitrogen and oxygen atoms in total. The Hall–Kier alpha value is -2.68. The first-order chi connectivity index (χ1) is 12.8. The largest absolute Gasteiger partial charge is 0.508 e. The standard InChI is InChI=1S/C22H27NO4/c1-5-14-26-19-8-6-7-9-20(19)27-21(16(2)24)23-22(3,4)15-17-10-12-18(25)13-11-17/h1,6-13,16,21,23-25H,14-15H2,2-4H3. The van der Waals surface area contributed by atoms with Crippen LogP contribution in [0.3, 0.4) is 0 Å². The summed E-state index contributed by atoms with van der Waals surface area (Å²) >= 11 is 0. The molecule has 0 aliphatic rings. The lowest BCUT2D eigenvalue weighted by Gasteiger charge is -2.34. The first-order valence-electron chi connectivity index (χ1n) is 8.86. The molecule has 0 amide bonds. The summed E-state index contributed by atoms with van der Waals surface area (Å²) in [7, 11) is 0. The fraction of sp³-hybridized carbons (Fsp3) is 0.364. The highest BCUT2D eigenvalue weighted by molar-refractivity contribution is 5.40. The third-order valence-electron chi connectivity index (χ3n) is 3.97. The number of ether oxygens (including phenoxy) is 2. The number of nitrogens with one attached hydrogen (secondary N) is 1. The Morgan fingerprint density at radius 1 is 1.11 bits per heavy atom. The number of aliphatic hydroxyl groups excluding tert-OH is 1. The number of aromatic hydroxyl groups is 1. The summed E-state index contributed by atoms with van der Waals surface area (Å²) in [5.74, 6) is 3.70. The van der Waals surface area contributed by atoms with Crippen LogP contribution < -0.4 is 14.8 Å². The first kappa shape index (κ1) is 20.6. The van der Waals surface area contributed by atoms with Gasteiger partial charge in [0.25, 0.3) is 0 Å². The van der Waals surface area contributed by atoms with E-state index in [9.17, 15) is 10.2 Å². The van der Waals surface area contributed by atoms with Gasteiger partial charge in [0, 0.05) is 5.54 Å². The van der Waals surface area contributed by atoms with Crippen molar-refractivity contribution in [3.05, 3.63) is 54.1 Å². The molecule has 27 heavy (non-hydrogen) atoms. The average Bonchev–Trinajstić information content (AvgIpc) is 2.62. The average molecular weight is 369 g/mol. The Labute approximate surface area is 161 Å². The zero-order chi connectivity index (χ0) is 19.9. The molecule has 0 aromatic heterocycles. The predicted octanol–water partition coefficient (Wildman–Crippen LogP) is 3.10. The van der Waals surface area contributed by atoms with E-state index in [1.54, 1.807) is 31.2 Å². The second-order valence-corrected chi connectivity index (χ2v) is 7.09. The molecule has 0 fully saturated rings. The fourth-order valence-corrected chi connectivity index (χ4v) is 2.73. The van der Waals surface area contributed by atoms with Crippen LogP contribution in [0, 0.1) is 12.3 Å². The van der Waals surface area contributed by atoms with Gasteiger partial charge in [0.05, 0.1) is 0 Å². The first-order valence-corrected chi connectivity index (χ1v) is 8.86. The Bertz CT molecular complexity index is 763. The van der Waals surface area contributed by atoms with Gasteiger partial charge in [-0.25, -0.2) is 0 Å². The van der Waals surface area contributed by atoms with Crippen LogP contribution in [-0.2, 0) is 6.42 Å². The third kappa shape index (κ3) is 6.52. The maximum absolute atomic E-state index is 10.2. The van der Waals surface area contributed by atoms with Gasteiger partial charge >= 0.3 is 0 Å². The summed E-state index contributed by atoms with van der Waals surface area (Å²) in [4.78, 5) is 0. The van der Waals surface area contributed by atoms with E-state index >= 15 is 0 Å². The molecule has 2 aromatic rings. The van der Waals surface area contributed by atoms with E-state index in [4.69, 9.17) is 15.9 Å². The van der Waals surface area contributed by atoms with Crippen molar-refractivity contribution >= 4 is 0 Å². The van der Waals surface area contributed by atoms with Gasteiger partial charge in [0.15, 0.2) is 17.7 Å². The van der Waals surface area contributed by atoms with E-state index in [0.717, 1.165) is 5.56 Å². The van der Waals surface area contributed by atoms with E-state index in [1.165, 1.54) is 0 Å². The normalized spacial score (nSPS) is 13.4. The van der Waals surface area contributed by atoms with E-state index in [0.29, 0.717) is 17.9 Å². The van der Waals surface area contributed by atoms with Crippen molar-refractivity contribution in [3.63, 3.8) is 0 Å². The Balaban J connectivity index is 2.11. The lowest BCUT2D eigenvalue weighted by Crippen LogP contribution is -2.54. The SMILES string of the molecule is C#CCOc1ccccc1OC(NC(C)(C)Cc1ccc(O)cc1)C(C)O. The number of benzene rings is 2. The second kappa shape index (κ2) is 9.31. The maximum Gasteiger partial charge on any atom is 0.176 e. The van der Waals surface area contributed by atoms with Gasteiger partial charge in [0.2, 0.25) is 0 Å². The van der Waals surface area contributed by atoms with Crippen molar-refractivity contribution in [2.75, 3.05) is 6.61 Å². The molecule has 144 valence electrons. The lowest BCUT2D eigenvalue weighted by molar-refractivity contribution is 0.00739. The van der Waals surface area contributed by atoms with Crippen LogP contribution in [0.1, 0.15) is 26.3 Å². The Morgan fingerprint density at radius 2 is 1.74 bits per heavy atom. The minimum absolute atomic E-state index is 0.138. The summed E-state index contributed by atoms with van der Waals surface area (Å²) in [6, 6.07) is 14.3. The van der Waals surface area contributed by atoms with Crippen molar-refractivity contribution in [2.24, 2.45) is 0 Å². The monoisotopic (exact) mass is 369 g/mol. The fourth-order valence-electron chi connectivity index (χ4n) is 2.73. The number of aliphatic hydroxyl groups is 1. The molecule has 0 saturated heterocycles. The smallest absolute Gasteiger partial charge is 0.176 e. The second-order valence-electron chi connectivity index (χ2n) is 7.09. The van der Waals surface area contributed by atoms with E-state index in [-0.39, 0.29) is 17.9 Å². The molecule has 5 heteroatoms. The maximum atomic E-state index is 10.2. The minimum atomic E-state index is -0.759. The van der Waals surface area contributed by atoms with Gasteiger partial charge < -0.3 is 19.7 Å². The van der Waals surface area contributed by atoms with Gasteiger partial charge in [-0.15, -0.1) is 6.42 Å². The molecular formula is C22H27NO4. The Morgan fingerprint density at radius 3 is 2.33 bits per heavy atom. The van der Waals surface area contributed by atoms with Gasteiger partial charge in [-0.1, -0.05) is 30.2 Å². The predicted molar refractivity (Wildman–Crippen MR) is 106 cm³/mol. The minimum Gasteiger partial charge on any atom is -0.508 e. The molecule has 0 aliphatic carbocycles. The number of phenolic OH excluding ortho intramolecular Hbond substituents is 1. The van der Waals surface area contributed by atoms with Crippen LogP contribution in [0.25, 0.3) is 0 Å². The number of terminal acetylenes is 1. The number of rotatable bonds is 9. The topological polar surface area (TPSA) is 71.0 Å². The number of para-hydroxylation sites is 2. The highest BCUT2D eigenvalue weighted by Gasteiger charge is 2.27. The van der Waals surface area contributed by atoms with Crippen molar-refractivity contribution < 1.29 is 19.7 Å². The van der Waals surface area contributed by atoms with E-state index in [2.05, 4.69) is 11.2 Å².